The predicted molar refractivity (Wildman–Crippen MR) is 147 cm³/mol. The Hall–Kier alpha value is -2.63. The molecular formula is C26H33F2N4PS. The SMILES string of the molecule is C=C/C=C(\C=C/CC)N(C)C(C)N(/C(CSCc1c(F)cccc1P)=N\N)c1ccc(F)cc1. The van der Waals surface area contributed by atoms with E-state index in [0.29, 0.717) is 22.9 Å². The van der Waals surface area contributed by atoms with Gasteiger partial charge in [0.05, 0.1) is 5.75 Å². The minimum absolute atomic E-state index is 0.216. The Bertz CT molecular complexity index is 1020. The molecule has 34 heavy (non-hydrogen) atoms. The quantitative estimate of drug-likeness (QED) is 0.0804. The second-order valence-corrected chi connectivity index (χ2v) is 9.18. The average Bonchev–Trinajstić information content (AvgIpc) is 2.83. The van der Waals surface area contributed by atoms with Crippen molar-refractivity contribution in [1.29, 1.82) is 0 Å². The lowest BCUT2D eigenvalue weighted by Gasteiger charge is -2.39. The van der Waals surface area contributed by atoms with Crippen molar-refractivity contribution in [2.45, 2.75) is 32.2 Å². The number of likely N-dealkylation sites (N-methyl/N-ethyl adjacent to an activating group) is 1. The molecule has 0 bridgehead atoms. The van der Waals surface area contributed by atoms with E-state index in [2.05, 4.69) is 38.8 Å². The molecule has 2 aromatic carbocycles. The molecule has 0 aliphatic heterocycles. The van der Waals surface area contributed by atoms with Gasteiger partial charge in [0.25, 0.3) is 0 Å². The lowest BCUT2D eigenvalue weighted by atomic mass is 10.2. The minimum atomic E-state index is -0.323. The highest BCUT2D eigenvalue weighted by Gasteiger charge is 2.25. The third kappa shape index (κ3) is 7.44. The Morgan fingerprint density at radius 2 is 1.94 bits per heavy atom. The van der Waals surface area contributed by atoms with Crippen LogP contribution in [-0.4, -0.2) is 29.7 Å². The Balaban J connectivity index is 2.34. The van der Waals surface area contributed by atoms with E-state index in [1.54, 1.807) is 24.3 Å². The van der Waals surface area contributed by atoms with Gasteiger partial charge < -0.3 is 15.6 Å². The van der Waals surface area contributed by atoms with Crippen LogP contribution < -0.4 is 16.0 Å². The predicted octanol–water partition coefficient (Wildman–Crippen LogP) is 5.79. The number of halogens is 2. The van der Waals surface area contributed by atoms with Crippen molar-refractivity contribution in [3.8, 4) is 0 Å². The van der Waals surface area contributed by atoms with Gasteiger partial charge in [0, 0.05) is 29.7 Å². The first-order chi connectivity index (χ1) is 16.3. The van der Waals surface area contributed by atoms with Crippen molar-refractivity contribution in [3.63, 3.8) is 0 Å². The van der Waals surface area contributed by atoms with Crippen LogP contribution in [0.2, 0.25) is 0 Å². The molecule has 2 unspecified atom stereocenters. The fourth-order valence-corrected chi connectivity index (χ4v) is 4.87. The molecule has 2 N–H and O–H groups in total. The number of nitrogens with zero attached hydrogens (tertiary/aromatic N) is 3. The number of allylic oxidation sites excluding steroid dienone is 4. The van der Waals surface area contributed by atoms with Crippen LogP contribution in [0.15, 0.2) is 84.1 Å². The highest BCUT2D eigenvalue weighted by Crippen LogP contribution is 2.25. The van der Waals surface area contributed by atoms with Crippen molar-refractivity contribution in [2.24, 2.45) is 10.9 Å². The lowest BCUT2D eigenvalue weighted by molar-refractivity contribution is 0.340. The molecule has 2 rings (SSSR count). The van der Waals surface area contributed by atoms with Gasteiger partial charge in [0.15, 0.2) is 0 Å². The maximum absolute atomic E-state index is 14.3. The first-order valence-electron chi connectivity index (χ1n) is 11.0. The molecule has 0 radical (unpaired) electrons. The normalized spacial score (nSPS) is 13.2. The van der Waals surface area contributed by atoms with Gasteiger partial charge in [-0.25, -0.2) is 8.78 Å². The van der Waals surface area contributed by atoms with E-state index in [0.717, 1.165) is 23.1 Å². The topological polar surface area (TPSA) is 44.9 Å². The lowest BCUT2D eigenvalue weighted by Crippen LogP contribution is -2.48. The summed E-state index contributed by atoms with van der Waals surface area (Å²) in [4.78, 5) is 4.04. The molecule has 0 spiro atoms. The summed E-state index contributed by atoms with van der Waals surface area (Å²) < 4.78 is 27.9. The maximum Gasteiger partial charge on any atom is 0.140 e. The smallest absolute Gasteiger partial charge is 0.140 e. The molecule has 0 aliphatic rings. The van der Waals surface area contributed by atoms with Crippen LogP contribution >= 0.6 is 21.0 Å². The van der Waals surface area contributed by atoms with E-state index in [1.165, 1.54) is 30.0 Å². The fourth-order valence-electron chi connectivity index (χ4n) is 3.36. The Labute approximate surface area is 208 Å². The number of thioether (sulfide) groups is 1. The highest BCUT2D eigenvalue weighted by molar-refractivity contribution is 7.99. The minimum Gasteiger partial charge on any atom is -0.354 e. The van der Waals surface area contributed by atoms with Gasteiger partial charge in [-0.2, -0.15) is 5.10 Å². The van der Waals surface area contributed by atoms with Crippen molar-refractivity contribution < 1.29 is 8.78 Å². The molecule has 0 saturated carbocycles. The molecule has 8 heteroatoms. The van der Waals surface area contributed by atoms with Gasteiger partial charge in [-0.1, -0.05) is 37.8 Å². The van der Waals surface area contributed by atoms with Crippen LogP contribution in [0, 0.1) is 11.6 Å². The monoisotopic (exact) mass is 502 g/mol. The summed E-state index contributed by atoms with van der Waals surface area (Å²) in [6.45, 7) is 7.92. The number of hydrogen-bond acceptors (Lipinski definition) is 4. The number of hydrazone groups is 1. The van der Waals surface area contributed by atoms with E-state index in [9.17, 15) is 8.78 Å². The summed E-state index contributed by atoms with van der Waals surface area (Å²) in [5, 5.41) is 4.90. The zero-order valence-corrected chi connectivity index (χ0v) is 21.9. The zero-order chi connectivity index (χ0) is 25.1. The third-order valence-corrected chi connectivity index (χ3v) is 6.81. The molecule has 182 valence electrons. The van der Waals surface area contributed by atoms with Crippen molar-refractivity contribution in [1.82, 2.24) is 4.90 Å². The van der Waals surface area contributed by atoms with Crippen molar-refractivity contribution in [2.75, 3.05) is 17.7 Å². The zero-order valence-electron chi connectivity index (χ0n) is 19.9. The largest absolute Gasteiger partial charge is 0.354 e. The van der Waals surface area contributed by atoms with Gasteiger partial charge >= 0.3 is 0 Å². The van der Waals surface area contributed by atoms with Gasteiger partial charge in [0.1, 0.15) is 23.6 Å². The molecule has 0 aliphatic carbocycles. The summed E-state index contributed by atoms with van der Waals surface area (Å²) >= 11 is 1.51. The van der Waals surface area contributed by atoms with Gasteiger partial charge in [0.2, 0.25) is 0 Å². The molecule has 4 nitrogen and oxygen atoms in total. The Kier molecular flexibility index (Phi) is 11.3. The second kappa shape index (κ2) is 13.9. The third-order valence-electron chi connectivity index (χ3n) is 5.32. The van der Waals surface area contributed by atoms with Crippen LogP contribution in [0.4, 0.5) is 14.5 Å². The number of anilines is 1. The summed E-state index contributed by atoms with van der Waals surface area (Å²) in [6.07, 6.45) is 8.46. The van der Waals surface area contributed by atoms with Crippen LogP contribution in [0.1, 0.15) is 25.8 Å². The molecule has 0 heterocycles. The number of rotatable bonds is 11. The van der Waals surface area contributed by atoms with Crippen LogP contribution in [0.5, 0.6) is 0 Å². The molecule has 0 aromatic heterocycles. The van der Waals surface area contributed by atoms with Crippen molar-refractivity contribution >= 4 is 37.8 Å². The maximum atomic E-state index is 14.3. The number of benzene rings is 2. The first-order valence-corrected chi connectivity index (χ1v) is 12.7. The summed E-state index contributed by atoms with van der Waals surface area (Å²) in [5.74, 6) is 6.79. The summed E-state index contributed by atoms with van der Waals surface area (Å²) in [7, 11) is 4.54. The van der Waals surface area contributed by atoms with E-state index < -0.39 is 0 Å². The number of amidine groups is 1. The van der Waals surface area contributed by atoms with E-state index >= 15 is 0 Å². The van der Waals surface area contributed by atoms with Crippen molar-refractivity contribution in [3.05, 3.63) is 96.2 Å². The number of nitrogens with two attached hydrogens (primary N) is 1. The molecule has 2 aromatic rings. The molecular weight excluding hydrogens is 469 g/mol. The van der Waals surface area contributed by atoms with Gasteiger partial charge in [-0.15, -0.1) is 21.0 Å². The Morgan fingerprint density at radius 3 is 2.53 bits per heavy atom. The average molecular weight is 503 g/mol. The van der Waals surface area contributed by atoms with Gasteiger partial charge in [-0.3, -0.25) is 0 Å². The second-order valence-electron chi connectivity index (χ2n) is 7.57. The van der Waals surface area contributed by atoms with E-state index in [4.69, 9.17) is 5.84 Å². The van der Waals surface area contributed by atoms with Crippen LogP contribution in [0.3, 0.4) is 0 Å². The molecule has 0 saturated heterocycles. The van der Waals surface area contributed by atoms with E-state index in [1.807, 2.05) is 37.1 Å². The molecule has 0 amide bonds. The van der Waals surface area contributed by atoms with Crippen LogP contribution in [-0.2, 0) is 5.75 Å². The molecule has 0 fully saturated rings. The molecule has 2 atom stereocenters. The standard InChI is InChI=1S/C26H33F2N4PS/c1-5-7-10-21(9-6-2)31(4)19(3)32(22-15-13-20(27)14-16-22)26(30-29)18-34-17-23-24(28)11-8-12-25(23)33/h6-16,19H,2,5,17-18,29,33H2,1,3-4H3/b10-7-,21-9+,30-26-. The summed E-state index contributed by atoms with van der Waals surface area (Å²) in [5.41, 5.74) is 2.34. The van der Waals surface area contributed by atoms with Gasteiger partial charge in [-0.05, 0) is 61.1 Å². The number of hydrogen-bond donors (Lipinski definition) is 1. The highest BCUT2D eigenvalue weighted by atomic mass is 32.2. The Morgan fingerprint density at radius 1 is 1.24 bits per heavy atom. The summed E-state index contributed by atoms with van der Waals surface area (Å²) in [6, 6.07) is 11.2. The van der Waals surface area contributed by atoms with E-state index in [-0.39, 0.29) is 17.8 Å². The van der Waals surface area contributed by atoms with Crippen LogP contribution in [0.25, 0.3) is 0 Å². The fraction of sp³-hybridized carbons (Fsp3) is 0.269. The first kappa shape index (κ1) is 27.6.